The van der Waals surface area contributed by atoms with Crippen molar-refractivity contribution < 1.29 is 9.50 Å². The van der Waals surface area contributed by atoms with Gasteiger partial charge in [0.2, 0.25) is 0 Å². The number of benzene rings is 1. The Kier molecular flexibility index (Phi) is 5.43. The second-order valence-electron chi connectivity index (χ2n) is 4.02. The van der Waals surface area contributed by atoms with Crippen LogP contribution in [0.4, 0.5) is 4.39 Å². The molecule has 0 fully saturated rings. The molecule has 0 amide bonds. The molecule has 90 valence electrons. The topological polar surface area (TPSA) is 32.3 Å². The summed E-state index contributed by atoms with van der Waals surface area (Å²) in [6.07, 6.45) is 1.70. The maximum Gasteiger partial charge on any atom is 0.123 e. The van der Waals surface area contributed by atoms with Crippen LogP contribution in [0.5, 0.6) is 0 Å². The molecule has 0 aliphatic rings. The van der Waals surface area contributed by atoms with Crippen LogP contribution in [0.1, 0.15) is 36.9 Å². The van der Waals surface area contributed by atoms with Crippen LogP contribution in [-0.2, 0) is 0 Å². The Morgan fingerprint density at radius 3 is 2.75 bits per heavy atom. The van der Waals surface area contributed by atoms with E-state index < -0.39 is 0 Å². The van der Waals surface area contributed by atoms with Gasteiger partial charge in [-0.05, 0) is 49.6 Å². The van der Waals surface area contributed by atoms with Gasteiger partial charge in [0.25, 0.3) is 0 Å². The maximum absolute atomic E-state index is 13.0. The third kappa shape index (κ3) is 3.58. The number of hydrogen-bond donors (Lipinski definition) is 2. The second-order valence-corrected chi connectivity index (χ2v) is 4.02. The smallest absolute Gasteiger partial charge is 0.123 e. The van der Waals surface area contributed by atoms with E-state index in [1.54, 1.807) is 6.07 Å². The van der Waals surface area contributed by atoms with Crippen molar-refractivity contribution in [3.05, 3.63) is 35.1 Å². The Balaban J connectivity index is 2.82. The molecule has 0 heterocycles. The van der Waals surface area contributed by atoms with E-state index in [-0.39, 0.29) is 18.5 Å². The highest BCUT2D eigenvalue weighted by Crippen LogP contribution is 2.21. The van der Waals surface area contributed by atoms with Gasteiger partial charge < -0.3 is 10.4 Å². The zero-order valence-electron chi connectivity index (χ0n) is 9.96. The van der Waals surface area contributed by atoms with Crippen molar-refractivity contribution in [1.82, 2.24) is 5.32 Å². The van der Waals surface area contributed by atoms with Crippen molar-refractivity contribution in [3.8, 4) is 0 Å². The molecule has 0 saturated carbocycles. The quantitative estimate of drug-likeness (QED) is 0.780. The van der Waals surface area contributed by atoms with Crippen LogP contribution < -0.4 is 5.32 Å². The molecule has 2 nitrogen and oxygen atoms in total. The van der Waals surface area contributed by atoms with Gasteiger partial charge in [0.05, 0.1) is 0 Å². The van der Waals surface area contributed by atoms with Gasteiger partial charge in [-0.15, -0.1) is 0 Å². The molecule has 0 aromatic heterocycles. The molecular weight excluding hydrogens is 205 g/mol. The van der Waals surface area contributed by atoms with E-state index in [0.29, 0.717) is 6.42 Å². The van der Waals surface area contributed by atoms with E-state index in [1.807, 2.05) is 6.92 Å². The van der Waals surface area contributed by atoms with Crippen molar-refractivity contribution in [3.63, 3.8) is 0 Å². The van der Waals surface area contributed by atoms with Crippen molar-refractivity contribution in [2.75, 3.05) is 13.2 Å². The van der Waals surface area contributed by atoms with E-state index in [0.717, 1.165) is 24.1 Å². The van der Waals surface area contributed by atoms with Crippen LogP contribution in [0, 0.1) is 12.7 Å². The van der Waals surface area contributed by atoms with Crippen LogP contribution in [0.25, 0.3) is 0 Å². The Bertz CT molecular complexity index is 328. The van der Waals surface area contributed by atoms with Gasteiger partial charge in [0.15, 0.2) is 0 Å². The lowest BCUT2D eigenvalue weighted by atomic mass is 9.99. The number of hydrogen-bond acceptors (Lipinski definition) is 2. The minimum atomic E-state index is -0.209. The van der Waals surface area contributed by atoms with E-state index >= 15 is 0 Å². The lowest BCUT2D eigenvalue weighted by Gasteiger charge is -2.20. The monoisotopic (exact) mass is 225 g/mol. The summed E-state index contributed by atoms with van der Waals surface area (Å²) in [5, 5.41) is 12.4. The first-order chi connectivity index (χ1) is 7.69. The third-order valence-corrected chi connectivity index (χ3v) is 2.67. The lowest BCUT2D eigenvalue weighted by Crippen LogP contribution is -2.23. The first-order valence-corrected chi connectivity index (χ1v) is 5.79. The van der Waals surface area contributed by atoms with Crippen LogP contribution >= 0.6 is 0 Å². The molecule has 0 saturated heterocycles. The van der Waals surface area contributed by atoms with Crippen LogP contribution in [0.15, 0.2) is 18.2 Å². The highest BCUT2D eigenvalue weighted by Gasteiger charge is 2.12. The Hall–Kier alpha value is -0.930. The van der Waals surface area contributed by atoms with Gasteiger partial charge in [-0.1, -0.05) is 13.0 Å². The molecule has 0 bridgehead atoms. The summed E-state index contributed by atoms with van der Waals surface area (Å²) in [5.74, 6) is -0.209. The van der Waals surface area contributed by atoms with Crippen molar-refractivity contribution in [2.24, 2.45) is 0 Å². The van der Waals surface area contributed by atoms with Crippen molar-refractivity contribution in [1.29, 1.82) is 0 Å². The summed E-state index contributed by atoms with van der Waals surface area (Å²) >= 11 is 0. The summed E-state index contributed by atoms with van der Waals surface area (Å²) < 4.78 is 13.0. The minimum Gasteiger partial charge on any atom is -0.396 e. The molecule has 1 aromatic rings. The molecule has 1 aromatic carbocycles. The predicted octanol–water partition coefficient (Wildman–Crippen LogP) is 2.56. The fourth-order valence-corrected chi connectivity index (χ4v) is 1.85. The van der Waals surface area contributed by atoms with Gasteiger partial charge in [-0.25, -0.2) is 4.39 Å². The summed E-state index contributed by atoms with van der Waals surface area (Å²) in [5.41, 5.74) is 2.01. The Morgan fingerprint density at radius 2 is 2.19 bits per heavy atom. The molecular formula is C13H20FNO. The summed E-state index contributed by atoms with van der Waals surface area (Å²) in [7, 11) is 0. The number of aliphatic hydroxyl groups excluding tert-OH is 1. The first kappa shape index (κ1) is 13.1. The zero-order valence-corrected chi connectivity index (χ0v) is 9.96. The Labute approximate surface area is 96.5 Å². The highest BCUT2D eigenvalue weighted by molar-refractivity contribution is 5.29. The maximum atomic E-state index is 13.0. The standard InChI is InChI=1S/C13H20FNO/c1-3-7-15-13(6-8-16)12-5-4-11(14)9-10(12)2/h4-5,9,13,15-16H,3,6-8H2,1-2H3. The number of rotatable bonds is 6. The molecule has 0 spiro atoms. The molecule has 0 aliphatic heterocycles. The largest absolute Gasteiger partial charge is 0.396 e. The lowest BCUT2D eigenvalue weighted by molar-refractivity contribution is 0.265. The normalized spacial score (nSPS) is 12.8. The first-order valence-electron chi connectivity index (χ1n) is 5.79. The third-order valence-electron chi connectivity index (χ3n) is 2.67. The van der Waals surface area contributed by atoms with Gasteiger partial charge in [0, 0.05) is 12.6 Å². The molecule has 2 N–H and O–H groups in total. The average molecular weight is 225 g/mol. The van der Waals surface area contributed by atoms with Crippen LogP contribution in [-0.4, -0.2) is 18.3 Å². The van der Waals surface area contributed by atoms with Gasteiger partial charge in [-0.3, -0.25) is 0 Å². The number of halogens is 1. The molecule has 1 unspecified atom stereocenters. The van der Waals surface area contributed by atoms with Gasteiger partial charge >= 0.3 is 0 Å². The Morgan fingerprint density at radius 1 is 1.44 bits per heavy atom. The molecule has 1 atom stereocenters. The predicted molar refractivity (Wildman–Crippen MR) is 63.9 cm³/mol. The zero-order chi connectivity index (χ0) is 12.0. The molecule has 3 heteroatoms. The van der Waals surface area contributed by atoms with Gasteiger partial charge in [-0.2, -0.15) is 0 Å². The van der Waals surface area contributed by atoms with Crippen LogP contribution in [0.2, 0.25) is 0 Å². The van der Waals surface area contributed by atoms with E-state index in [4.69, 9.17) is 5.11 Å². The second kappa shape index (κ2) is 6.61. The van der Waals surface area contributed by atoms with E-state index in [1.165, 1.54) is 12.1 Å². The van der Waals surface area contributed by atoms with E-state index in [2.05, 4.69) is 12.2 Å². The highest BCUT2D eigenvalue weighted by atomic mass is 19.1. The van der Waals surface area contributed by atoms with Crippen LogP contribution in [0.3, 0.4) is 0 Å². The minimum absolute atomic E-state index is 0.116. The number of aliphatic hydroxyl groups is 1. The SMILES string of the molecule is CCCNC(CCO)c1ccc(F)cc1C. The average Bonchev–Trinajstić information content (AvgIpc) is 2.25. The van der Waals surface area contributed by atoms with Crippen molar-refractivity contribution >= 4 is 0 Å². The molecule has 0 radical (unpaired) electrons. The van der Waals surface area contributed by atoms with Gasteiger partial charge in [0.1, 0.15) is 5.82 Å². The summed E-state index contributed by atoms with van der Waals surface area (Å²) in [6.45, 7) is 5.04. The fourth-order valence-electron chi connectivity index (χ4n) is 1.85. The van der Waals surface area contributed by atoms with E-state index in [9.17, 15) is 4.39 Å². The molecule has 1 rings (SSSR count). The summed E-state index contributed by atoms with van der Waals surface area (Å²) in [6, 6.07) is 4.92. The fraction of sp³-hybridized carbons (Fsp3) is 0.538. The summed E-state index contributed by atoms with van der Waals surface area (Å²) in [4.78, 5) is 0. The number of aryl methyl sites for hydroxylation is 1. The number of nitrogens with one attached hydrogen (secondary N) is 1. The molecule has 16 heavy (non-hydrogen) atoms. The molecule has 0 aliphatic carbocycles. The van der Waals surface area contributed by atoms with Crippen molar-refractivity contribution in [2.45, 2.75) is 32.7 Å².